The second-order valence-electron chi connectivity index (χ2n) is 4.85. The minimum atomic E-state index is -0.839. The summed E-state index contributed by atoms with van der Waals surface area (Å²) in [5.74, 6) is -0.772. The van der Waals surface area contributed by atoms with Crippen molar-refractivity contribution in [1.29, 1.82) is 0 Å². The number of alkyl halides is 1. The molecule has 0 N–H and O–H groups in total. The quantitative estimate of drug-likeness (QED) is 0.761. The van der Waals surface area contributed by atoms with E-state index in [0.29, 0.717) is 12.2 Å². The average Bonchev–Trinajstić information content (AvgIpc) is 2.91. The van der Waals surface area contributed by atoms with Crippen molar-refractivity contribution in [3.05, 3.63) is 64.7 Å². The Balaban J connectivity index is 1.82. The van der Waals surface area contributed by atoms with Gasteiger partial charge in [-0.25, -0.2) is 8.78 Å². The van der Waals surface area contributed by atoms with Crippen molar-refractivity contribution in [2.75, 3.05) is 6.61 Å². The van der Waals surface area contributed by atoms with Crippen LogP contribution in [0.3, 0.4) is 0 Å². The maximum atomic E-state index is 13.6. The summed E-state index contributed by atoms with van der Waals surface area (Å²) in [4.78, 5) is 0. The van der Waals surface area contributed by atoms with Gasteiger partial charge in [0.1, 0.15) is 5.75 Å². The number of rotatable bonds is 3. The van der Waals surface area contributed by atoms with Gasteiger partial charge in [0.2, 0.25) is 0 Å². The molecule has 4 heteroatoms. The highest BCUT2D eigenvalue weighted by molar-refractivity contribution is 6.20. The second kappa shape index (κ2) is 5.41. The molecule has 0 aromatic heterocycles. The third-order valence-corrected chi connectivity index (χ3v) is 3.91. The number of benzene rings is 2. The molecule has 104 valence electrons. The van der Waals surface area contributed by atoms with Crippen LogP contribution in [0.4, 0.5) is 8.78 Å². The molecule has 0 saturated carbocycles. The Morgan fingerprint density at radius 2 is 2.05 bits per heavy atom. The maximum absolute atomic E-state index is 13.6. The Morgan fingerprint density at radius 1 is 1.20 bits per heavy atom. The molecule has 2 aromatic carbocycles. The van der Waals surface area contributed by atoms with E-state index in [9.17, 15) is 8.78 Å². The van der Waals surface area contributed by atoms with Crippen LogP contribution in [0.15, 0.2) is 36.4 Å². The van der Waals surface area contributed by atoms with Crippen molar-refractivity contribution in [3.8, 4) is 5.75 Å². The van der Waals surface area contributed by atoms with Crippen LogP contribution >= 0.6 is 11.6 Å². The van der Waals surface area contributed by atoms with Gasteiger partial charge in [-0.1, -0.05) is 24.3 Å². The fraction of sp³-hybridized carbons (Fsp3) is 0.250. The van der Waals surface area contributed by atoms with E-state index in [1.165, 1.54) is 6.07 Å². The summed E-state index contributed by atoms with van der Waals surface area (Å²) >= 11 is 6.34. The van der Waals surface area contributed by atoms with Crippen molar-refractivity contribution < 1.29 is 13.5 Å². The smallest absolute Gasteiger partial charge is 0.162 e. The molecule has 0 fully saturated rings. The SMILES string of the molecule is Fc1cccc(CC(Cl)c2ccc3c(c2)CCO3)c1F. The predicted octanol–water partition coefficient (Wildman–Crippen LogP) is 4.42. The first kappa shape index (κ1) is 13.4. The van der Waals surface area contributed by atoms with E-state index in [4.69, 9.17) is 16.3 Å². The molecule has 3 rings (SSSR count). The van der Waals surface area contributed by atoms with Crippen LogP contribution < -0.4 is 4.74 Å². The molecule has 1 nitrogen and oxygen atoms in total. The number of fused-ring (bicyclic) bond motifs is 1. The fourth-order valence-corrected chi connectivity index (χ4v) is 2.72. The summed E-state index contributed by atoms with van der Waals surface area (Å²) in [7, 11) is 0. The van der Waals surface area contributed by atoms with E-state index in [1.54, 1.807) is 6.07 Å². The van der Waals surface area contributed by atoms with Gasteiger partial charge >= 0.3 is 0 Å². The molecular formula is C16H13ClF2O. The van der Waals surface area contributed by atoms with Crippen LogP contribution in [0.1, 0.15) is 22.1 Å². The van der Waals surface area contributed by atoms with E-state index in [1.807, 2.05) is 18.2 Å². The van der Waals surface area contributed by atoms with Gasteiger partial charge in [-0.15, -0.1) is 11.6 Å². The van der Waals surface area contributed by atoms with Crippen LogP contribution in [-0.4, -0.2) is 6.61 Å². The zero-order valence-corrected chi connectivity index (χ0v) is 11.5. The van der Waals surface area contributed by atoms with Gasteiger partial charge in [0, 0.05) is 6.42 Å². The van der Waals surface area contributed by atoms with Crippen LogP contribution in [0.5, 0.6) is 5.75 Å². The lowest BCUT2D eigenvalue weighted by Gasteiger charge is -2.12. The van der Waals surface area contributed by atoms with Gasteiger partial charge < -0.3 is 4.74 Å². The molecule has 0 saturated heterocycles. The van der Waals surface area contributed by atoms with Gasteiger partial charge in [0.15, 0.2) is 11.6 Å². The second-order valence-corrected chi connectivity index (χ2v) is 5.38. The van der Waals surface area contributed by atoms with E-state index >= 15 is 0 Å². The topological polar surface area (TPSA) is 9.23 Å². The Bertz CT molecular complexity index is 642. The van der Waals surface area contributed by atoms with Crippen molar-refractivity contribution in [1.82, 2.24) is 0 Å². The summed E-state index contributed by atoms with van der Waals surface area (Å²) < 4.78 is 32.3. The summed E-state index contributed by atoms with van der Waals surface area (Å²) in [6.07, 6.45) is 1.12. The molecule has 2 aromatic rings. The van der Waals surface area contributed by atoms with E-state index in [2.05, 4.69) is 0 Å². The number of halogens is 3. The largest absolute Gasteiger partial charge is 0.493 e. The zero-order valence-electron chi connectivity index (χ0n) is 10.7. The van der Waals surface area contributed by atoms with Gasteiger partial charge in [-0.3, -0.25) is 0 Å². The molecule has 1 aliphatic rings. The highest BCUT2D eigenvalue weighted by Crippen LogP contribution is 2.32. The van der Waals surface area contributed by atoms with E-state index < -0.39 is 17.0 Å². The van der Waals surface area contributed by atoms with Crippen molar-refractivity contribution in [2.45, 2.75) is 18.2 Å². The van der Waals surface area contributed by atoms with Crippen molar-refractivity contribution >= 4 is 11.6 Å². The van der Waals surface area contributed by atoms with Gasteiger partial charge in [-0.05, 0) is 35.2 Å². The predicted molar refractivity (Wildman–Crippen MR) is 74.3 cm³/mol. The molecule has 1 atom stereocenters. The van der Waals surface area contributed by atoms with Gasteiger partial charge in [0.25, 0.3) is 0 Å². The number of ether oxygens (including phenoxy) is 1. The monoisotopic (exact) mass is 294 g/mol. The Kier molecular flexibility index (Phi) is 3.62. The molecule has 0 radical (unpaired) electrons. The summed E-state index contributed by atoms with van der Waals surface area (Å²) in [6.45, 7) is 0.685. The fourth-order valence-electron chi connectivity index (χ4n) is 2.42. The van der Waals surface area contributed by atoms with Gasteiger partial charge in [0.05, 0.1) is 12.0 Å². The first-order chi connectivity index (χ1) is 9.65. The highest BCUT2D eigenvalue weighted by Gasteiger charge is 2.18. The Hall–Kier alpha value is -1.61. The summed E-state index contributed by atoms with van der Waals surface area (Å²) in [5.41, 5.74) is 2.31. The van der Waals surface area contributed by atoms with Crippen LogP contribution in [0, 0.1) is 11.6 Å². The summed E-state index contributed by atoms with van der Waals surface area (Å²) in [5, 5.41) is -0.391. The molecule has 1 heterocycles. The minimum Gasteiger partial charge on any atom is -0.493 e. The van der Waals surface area contributed by atoms with E-state index in [0.717, 1.165) is 29.4 Å². The van der Waals surface area contributed by atoms with Crippen LogP contribution in [0.2, 0.25) is 0 Å². The average molecular weight is 295 g/mol. The molecule has 1 unspecified atom stereocenters. The molecule has 1 aliphatic heterocycles. The lowest BCUT2D eigenvalue weighted by Crippen LogP contribution is -2.00. The third-order valence-electron chi connectivity index (χ3n) is 3.51. The lowest BCUT2D eigenvalue weighted by atomic mass is 10.0. The first-order valence-corrected chi connectivity index (χ1v) is 6.91. The van der Waals surface area contributed by atoms with Crippen molar-refractivity contribution in [3.63, 3.8) is 0 Å². The zero-order chi connectivity index (χ0) is 14.1. The normalized spacial score (nSPS) is 14.8. The van der Waals surface area contributed by atoms with Gasteiger partial charge in [-0.2, -0.15) is 0 Å². The molecule has 0 bridgehead atoms. The van der Waals surface area contributed by atoms with Crippen LogP contribution in [0.25, 0.3) is 0 Å². The Morgan fingerprint density at radius 3 is 2.90 bits per heavy atom. The summed E-state index contributed by atoms with van der Waals surface area (Å²) in [6, 6.07) is 9.90. The molecular weight excluding hydrogens is 282 g/mol. The number of hydrogen-bond acceptors (Lipinski definition) is 1. The highest BCUT2D eigenvalue weighted by atomic mass is 35.5. The molecule has 0 amide bonds. The minimum absolute atomic E-state index is 0.255. The lowest BCUT2D eigenvalue weighted by molar-refractivity contribution is 0.357. The third kappa shape index (κ3) is 2.50. The van der Waals surface area contributed by atoms with Crippen molar-refractivity contribution in [2.24, 2.45) is 0 Å². The first-order valence-electron chi connectivity index (χ1n) is 6.48. The Labute approximate surface area is 121 Å². The number of hydrogen-bond donors (Lipinski definition) is 0. The molecule has 20 heavy (non-hydrogen) atoms. The van der Waals surface area contributed by atoms with Crippen LogP contribution in [-0.2, 0) is 12.8 Å². The van der Waals surface area contributed by atoms with E-state index in [-0.39, 0.29) is 6.42 Å². The standard InChI is InChI=1S/C16H13ClF2O/c17-13(9-12-2-1-3-14(18)16(12)19)10-4-5-15-11(8-10)6-7-20-15/h1-5,8,13H,6-7,9H2. The molecule has 0 aliphatic carbocycles. The molecule has 0 spiro atoms. The maximum Gasteiger partial charge on any atom is 0.162 e.